The number of carbonyl (C=O) groups excluding carboxylic acids is 1. The Morgan fingerprint density at radius 3 is 2.77 bits per heavy atom. The van der Waals surface area contributed by atoms with Crippen molar-refractivity contribution in [3.05, 3.63) is 84.1 Å². The Kier molecular flexibility index (Phi) is 6.58. The highest BCUT2D eigenvalue weighted by Crippen LogP contribution is 2.40. The van der Waals surface area contributed by atoms with Crippen molar-refractivity contribution in [3.8, 4) is 29.0 Å². The Labute approximate surface area is 276 Å². The molecule has 12 heteroatoms. The standard InChI is InChI=1S/C36H34N10O2/c1-48-31-12-26(36(47)44-20-25-6-7-29(44)32(25)38)10-28-33(31)45(18-23-15-41-46(19-23)27-9-22(13-37)14-39-16-27)35(42-28)30-11-24-3-2-8-40-34(24)43(30)17-21-4-5-21/h2-3,8-12,14-16,19,21,25,29,32H,4-7,17-18,20,38H2,1H3. The second kappa shape index (κ2) is 11.0. The van der Waals surface area contributed by atoms with Gasteiger partial charge >= 0.3 is 0 Å². The predicted octanol–water partition coefficient (Wildman–Crippen LogP) is 4.53. The van der Waals surface area contributed by atoms with E-state index in [1.54, 1.807) is 24.1 Å². The molecule has 1 amide bonds. The van der Waals surface area contributed by atoms with Crippen LogP contribution in [0, 0.1) is 23.2 Å². The Bertz CT molecular complexity index is 2270. The molecule has 12 nitrogen and oxygen atoms in total. The monoisotopic (exact) mass is 638 g/mol. The Morgan fingerprint density at radius 2 is 2.00 bits per heavy atom. The maximum atomic E-state index is 14.0. The van der Waals surface area contributed by atoms with Crippen molar-refractivity contribution in [2.75, 3.05) is 13.7 Å². The van der Waals surface area contributed by atoms with Gasteiger partial charge in [0.1, 0.15) is 23.0 Å². The highest BCUT2D eigenvalue weighted by molar-refractivity contribution is 6.00. The summed E-state index contributed by atoms with van der Waals surface area (Å²) < 4.78 is 12.2. The second-order valence-corrected chi connectivity index (χ2v) is 13.3. The van der Waals surface area contributed by atoms with E-state index >= 15 is 0 Å². The first-order valence-corrected chi connectivity index (χ1v) is 16.5. The largest absolute Gasteiger partial charge is 0.494 e. The summed E-state index contributed by atoms with van der Waals surface area (Å²) in [4.78, 5) is 30.1. The number of amides is 1. The van der Waals surface area contributed by atoms with Gasteiger partial charge < -0.3 is 24.5 Å². The smallest absolute Gasteiger partial charge is 0.254 e. The van der Waals surface area contributed by atoms with Gasteiger partial charge in [-0.3, -0.25) is 9.78 Å². The van der Waals surface area contributed by atoms with Crippen LogP contribution >= 0.6 is 0 Å². The van der Waals surface area contributed by atoms with Gasteiger partial charge in [0.05, 0.1) is 48.5 Å². The lowest BCUT2D eigenvalue weighted by atomic mass is 10.1. The molecule has 2 N–H and O–H groups in total. The second-order valence-electron chi connectivity index (χ2n) is 13.3. The number of hydrogen-bond acceptors (Lipinski definition) is 8. The number of aromatic nitrogens is 7. The first kappa shape index (κ1) is 28.7. The van der Waals surface area contributed by atoms with Crippen molar-refractivity contribution < 1.29 is 9.53 Å². The summed E-state index contributed by atoms with van der Waals surface area (Å²) in [6.07, 6.45) is 13.2. The summed E-state index contributed by atoms with van der Waals surface area (Å²) in [5.74, 6) is 2.27. The number of pyridine rings is 2. The predicted molar refractivity (Wildman–Crippen MR) is 178 cm³/mol. The van der Waals surface area contributed by atoms with Crippen LogP contribution in [-0.4, -0.2) is 70.4 Å². The number of likely N-dealkylation sites (tertiary alicyclic amines) is 1. The number of nitrogens with two attached hydrogens (primary N) is 1. The van der Waals surface area contributed by atoms with Crippen LogP contribution in [0.5, 0.6) is 5.75 Å². The molecule has 5 aromatic heterocycles. The molecule has 6 heterocycles. The molecule has 9 rings (SSSR count). The van der Waals surface area contributed by atoms with Crippen molar-refractivity contribution in [1.29, 1.82) is 5.26 Å². The van der Waals surface area contributed by atoms with Crippen molar-refractivity contribution in [1.82, 2.24) is 38.8 Å². The maximum absolute atomic E-state index is 14.0. The molecular weight excluding hydrogens is 604 g/mol. The van der Waals surface area contributed by atoms with Gasteiger partial charge in [-0.05, 0) is 73.9 Å². The SMILES string of the molecule is COc1cc(C(=O)N2CC3CCC2C3N)cc2nc(-c3cc4cccnc4n3CC3CC3)n(Cc3cnn(-c4cncc(C#N)c4)c3)c12. The van der Waals surface area contributed by atoms with E-state index < -0.39 is 0 Å². The van der Waals surface area contributed by atoms with E-state index in [9.17, 15) is 10.1 Å². The molecule has 6 aromatic rings. The van der Waals surface area contributed by atoms with Crippen LogP contribution in [0.3, 0.4) is 0 Å². The molecule has 3 atom stereocenters. The average Bonchev–Trinajstić information content (AvgIpc) is 3.43. The summed E-state index contributed by atoms with van der Waals surface area (Å²) >= 11 is 0. The summed E-state index contributed by atoms with van der Waals surface area (Å²) in [6, 6.07) is 13.9. The lowest BCUT2D eigenvalue weighted by Crippen LogP contribution is -2.41. The summed E-state index contributed by atoms with van der Waals surface area (Å²) in [7, 11) is 1.63. The molecule has 3 aliphatic rings. The van der Waals surface area contributed by atoms with Crippen LogP contribution in [0.25, 0.3) is 39.3 Å². The summed E-state index contributed by atoms with van der Waals surface area (Å²) in [5, 5.41) is 15.0. The van der Waals surface area contributed by atoms with Crippen molar-refractivity contribution in [3.63, 3.8) is 0 Å². The van der Waals surface area contributed by atoms with Gasteiger partial charge in [-0.1, -0.05) is 0 Å². The van der Waals surface area contributed by atoms with Crippen LogP contribution in [0.1, 0.15) is 47.2 Å². The van der Waals surface area contributed by atoms with Gasteiger partial charge in [0.2, 0.25) is 0 Å². The Morgan fingerprint density at radius 1 is 1.10 bits per heavy atom. The summed E-state index contributed by atoms with van der Waals surface area (Å²) in [6.45, 7) is 1.98. The van der Waals surface area contributed by atoms with E-state index in [2.05, 4.69) is 37.4 Å². The molecule has 240 valence electrons. The molecule has 0 radical (unpaired) electrons. The van der Waals surface area contributed by atoms with E-state index in [-0.39, 0.29) is 18.0 Å². The highest BCUT2D eigenvalue weighted by Gasteiger charge is 2.47. The number of nitrogens with zero attached hydrogens (tertiary/aromatic N) is 9. The number of piperidine rings is 1. The molecule has 1 aromatic carbocycles. The van der Waals surface area contributed by atoms with Gasteiger partial charge in [-0.15, -0.1) is 0 Å². The number of rotatable bonds is 8. The molecule has 3 unspecified atom stereocenters. The van der Waals surface area contributed by atoms with Crippen molar-refractivity contribution >= 4 is 28.0 Å². The van der Waals surface area contributed by atoms with Gasteiger partial charge in [0.25, 0.3) is 5.91 Å². The minimum absolute atomic E-state index is 0.0320. The Hall–Kier alpha value is -5.54. The maximum Gasteiger partial charge on any atom is 0.254 e. The van der Waals surface area contributed by atoms with Gasteiger partial charge in [-0.25, -0.2) is 14.6 Å². The zero-order valence-corrected chi connectivity index (χ0v) is 26.5. The molecule has 1 aliphatic heterocycles. The third kappa shape index (κ3) is 4.65. The minimum atomic E-state index is -0.0320. The molecule has 2 saturated carbocycles. The molecule has 0 spiro atoms. The van der Waals surface area contributed by atoms with Crippen molar-refractivity contribution in [2.24, 2.45) is 17.6 Å². The fraction of sp³-hybridized carbons (Fsp3) is 0.333. The third-order valence-corrected chi connectivity index (χ3v) is 10.3. The number of hydrogen-bond donors (Lipinski definition) is 1. The van der Waals surface area contributed by atoms with E-state index in [0.717, 1.165) is 53.0 Å². The van der Waals surface area contributed by atoms with E-state index in [0.29, 0.717) is 53.0 Å². The number of methoxy groups -OCH3 is 1. The number of ether oxygens (including phenoxy) is 1. The lowest BCUT2D eigenvalue weighted by molar-refractivity contribution is 0.0700. The van der Waals surface area contributed by atoms with E-state index in [1.165, 1.54) is 19.0 Å². The number of benzene rings is 1. The third-order valence-electron chi connectivity index (χ3n) is 10.3. The zero-order valence-electron chi connectivity index (χ0n) is 26.5. The minimum Gasteiger partial charge on any atom is -0.494 e. The van der Waals surface area contributed by atoms with Crippen molar-refractivity contribution in [2.45, 2.75) is 50.9 Å². The van der Waals surface area contributed by atoms with Crippen LogP contribution in [0.15, 0.2) is 67.4 Å². The number of imidazole rings is 1. The van der Waals surface area contributed by atoms with E-state index in [4.69, 9.17) is 20.4 Å². The first-order chi connectivity index (χ1) is 23.5. The Balaban J connectivity index is 1.19. The summed E-state index contributed by atoms with van der Waals surface area (Å²) in [5.41, 5.74) is 12.5. The average molecular weight is 639 g/mol. The molecule has 2 aliphatic carbocycles. The number of nitriles is 1. The quantitative estimate of drug-likeness (QED) is 0.256. The van der Waals surface area contributed by atoms with Crippen LogP contribution in [0.2, 0.25) is 0 Å². The molecule has 48 heavy (non-hydrogen) atoms. The topological polar surface area (TPSA) is 146 Å². The molecule has 2 bridgehead atoms. The normalized spacial score (nSPS) is 20.2. The zero-order chi connectivity index (χ0) is 32.5. The number of fused-ring (bicyclic) bond motifs is 4. The van der Waals surface area contributed by atoms with E-state index in [1.807, 2.05) is 41.7 Å². The number of carbonyl (C=O) groups is 1. The van der Waals surface area contributed by atoms with Crippen LogP contribution < -0.4 is 10.5 Å². The highest BCUT2D eigenvalue weighted by atomic mass is 16.5. The lowest BCUT2D eigenvalue weighted by Gasteiger charge is -2.27. The fourth-order valence-corrected chi connectivity index (χ4v) is 7.70. The van der Waals surface area contributed by atoms with Gasteiger partial charge in [-0.2, -0.15) is 10.4 Å². The van der Waals surface area contributed by atoms with Gasteiger partial charge in [0.15, 0.2) is 5.82 Å². The van der Waals surface area contributed by atoms with Gasteiger partial charge in [0, 0.05) is 60.3 Å². The fourth-order valence-electron chi connectivity index (χ4n) is 7.70. The van der Waals surface area contributed by atoms with Crippen LogP contribution in [0.4, 0.5) is 0 Å². The van der Waals surface area contributed by atoms with Crippen LogP contribution in [-0.2, 0) is 13.1 Å². The molecule has 3 fully saturated rings. The molecule has 1 saturated heterocycles. The molecular formula is C36H34N10O2. The first-order valence-electron chi connectivity index (χ1n) is 16.5.